The SMILES string of the molecule is Cc1ccc(N2C(SCC(=O)N(C)C)=N[C@H]3CS(=O)(=O)C[C@H]32)cc1C. The van der Waals surface area contributed by atoms with E-state index in [9.17, 15) is 13.2 Å². The minimum absolute atomic E-state index is 0.0115. The number of carbonyl (C=O) groups is 1. The highest BCUT2D eigenvalue weighted by Crippen LogP contribution is 2.35. The van der Waals surface area contributed by atoms with Crippen LogP contribution in [0.15, 0.2) is 23.2 Å². The normalized spacial score (nSPS) is 24.2. The Morgan fingerprint density at radius 3 is 2.64 bits per heavy atom. The van der Waals surface area contributed by atoms with E-state index < -0.39 is 9.84 Å². The van der Waals surface area contributed by atoms with Crippen molar-refractivity contribution in [2.75, 3.05) is 36.3 Å². The van der Waals surface area contributed by atoms with Gasteiger partial charge >= 0.3 is 0 Å². The van der Waals surface area contributed by atoms with Crippen molar-refractivity contribution in [1.29, 1.82) is 0 Å². The molecule has 2 atom stereocenters. The van der Waals surface area contributed by atoms with Crippen molar-refractivity contribution in [2.24, 2.45) is 4.99 Å². The van der Waals surface area contributed by atoms with Gasteiger partial charge in [0.05, 0.1) is 29.3 Å². The number of hydrogen-bond donors (Lipinski definition) is 0. The summed E-state index contributed by atoms with van der Waals surface area (Å²) in [5, 5.41) is 0.739. The van der Waals surface area contributed by atoms with Gasteiger partial charge < -0.3 is 9.80 Å². The molecule has 0 saturated carbocycles. The molecule has 0 aromatic heterocycles. The number of carbonyl (C=O) groups excluding carboxylic acids is 1. The summed E-state index contributed by atoms with van der Waals surface area (Å²) in [6.45, 7) is 4.09. The molecule has 2 aliphatic rings. The summed E-state index contributed by atoms with van der Waals surface area (Å²) in [7, 11) is 0.382. The van der Waals surface area contributed by atoms with Gasteiger partial charge in [-0.1, -0.05) is 17.8 Å². The van der Waals surface area contributed by atoms with Gasteiger partial charge in [-0.25, -0.2) is 8.42 Å². The Balaban J connectivity index is 1.91. The first-order valence-corrected chi connectivity index (χ1v) is 11.0. The lowest BCUT2D eigenvalue weighted by Crippen LogP contribution is -2.39. The summed E-state index contributed by atoms with van der Waals surface area (Å²) in [6.07, 6.45) is 0. The number of aliphatic imine (C=N–C) groups is 1. The van der Waals surface area contributed by atoms with Crippen LogP contribution in [0.2, 0.25) is 0 Å². The molecule has 25 heavy (non-hydrogen) atoms. The van der Waals surface area contributed by atoms with Crippen molar-refractivity contribution < 1.29 is 13.2 Å². The molecule has 0 radical (unpaired) electrons. The lowest BCUT2D eigenvalue weighted by molar-refractivity contribution is -0.125. The molecule has 6 nitrogen and oxygen atoms in total. The van der Waals surface area contributed by atoms with Crippen LogP contribution in [0.25, 0.3) is 0 Å². The molecule has 1 amide bonds. The van der Waals surface area contributed by atoms with Crippen LogP contribution in [-0.4, -0.2) is 67.8 Å². The fourth-order valence-electron chi connectivity index (χ4n) is 3.07. The van der Waals surface area contributed by atoms with Crippen LogP contribution in [0.3, 0.4) is 0 Å². The minimum atomic E-state index is -3.07. The minimum Gasteiger partial charge on any atom is -0.348 e. The van der Waals surface area contributed by atoms with Gasteiger partial charge in [-0.15, -0.1) is 0 Å². The number of rotatable bonds is 3. The lowest BCUT2D eigenvalue weighted by atomic mass is 10.1. The second-order valence-corrected chi connectivity index (χ2v) is 9.93. The van der Waals surface area contributed by atoms with Crippen LogP contribution >= 0.6 is 11.8 Å². The Hall–Kier alpha value is -1.54. The summed E-state index contributed by atoms with van der Waals surface area (Å²) in [6, 6.07) is 5.67. The van der Waals surface area contributed by atoms with Crippen LogP contribution < -0.4 is 4.90 Å². The Morgan fingerprint density at radius 2 is 2.00 bits per heavy atom. The molecular weight excluding hydrogens is 358 g/mol. The third-order valence-electron chi connectivity index (χ3n) is 4.70. The van der Waals surface area contributed by atoms with Crippen molar-refractivity contribution in [1.82, 2.24) is 4.90 Å². The maximum absolute atomic E-state index is 12.0. The third kappa shape index (κ3) is 3.69. The quantitative estimate of drug-likeness (QED) is 0.793. The fraction of sp³-hybridized carbons (Fsp3) is 0.529. The Morgan fingerprint density at radius 1 is 1.28 bits per heavy atom. The molecule has 3 rings (SSSR count). The Bertz CT molecular complexity index is 834. The number of amidine groups is 1. The van der Waals surface area contributed by atoms with E-state index in [0.29, 0.717) is 5.75 Å². The van der Waals surface area contributed by atoms with E-state index in [1.54, 1.807) is 19.0 Å². The van der Waals surface area contributed by atoms with Gasteiger partial charge in [0.2, 0.25) is 5.91 Å². The number of aryl methyl sites for hydroxylation is 2. The molecule has 1 aromatic rings. The topological polar surface area (TPSA) is 70.1 Å². The largest absolute Gasteiger partial charge is 0.348 e. The van der Waals surface area contributed by atoms with E-state index >= 15 is 0 Å². The molecule has 2 aliphatic heterocycles. The smallest absolute Gasteiger partial charge is 0.232 e. The molecular formula is C17H23N3O3S2. The molecule has 0 unspecified atom stereocenters. The molecule has 1 fully saturated rings. The lowest BCUT2D eigenvalue weighted by Gasteiger charge is -2.27. The van der Waals surface area contributed by atoms with Crippen molar-refractivity contribution in [3.63, 3.8) is 0 Å². The van der Waals surface area contributed by atoms with Gasteiger partial charge in [0, 0.05) is 19.8 Å². The van der Waals surface area contributed by atoms with E-state index in [4.69, 9.17) is 0 Å². The fourth-order valence-corrected chi connectivity index (χ4v) is 6.01. The zero-order valence-corrected chi connectivity index (χ0v) is 16.5. The molecule has 0 N–H and O–H groups in total. The summed E-state index contributed by atoms with van der Waals surface area (Å²) in [4.78, 5) is 20.1. The zero-order chi connectivity index (χ0) is 18.4. The second kappa shape index (κ2) is 6.64. The predicted molar refractivity (Wildman–Crippen MR) is 103 cm³/mol. The second-order valence-electron chi connectivity index (χ2n) is 6.84. The van der Waals surface area contributed by atoms with E-state index in [2.05, 4.69) is 11.1 Å². The van der Waals surface area contributed by atoms with E-state index in [-0.39, 0.29) is 29.5 Å². The number of sulfone groups is 1. The first-order chi connectivity index (χ1) is 11.7. The average molecular weight is 382 g/mol. The highest BCUT2D eigenvalue weighted by Gasteiger charge is 2.47. The van der Waals surface area contributed by atoms with Crippen LogP contribution in [0.4, 0.5) is 5.69 Å². The van der Waals surface area contributed by atoms with Gasteiger partial charge in [0.15, 0.2) is 15.0 Å². The molecule has 0 bridgehead atoms. The van der Waals surface area contributed by atoms with Gasteiger partial charge in [0.25, 0.3) is 0 Å². The van der Waals surface area contributed by atoms with Crippen LogP contribution in [0.1, 0.15) is 11.1 Å². The van der Waals surface area contributed by atoms with E-state index in [0.717, 1.165) is 16.4 Å². The Labute approximate surface area is 153 Å². The molecule has 0 spiro atoms. The highest BCUT2D eigenvalue weighted by molar-refractivity contribution is 8.14. The van der Waals surface area contributed by atoms with Gasteiger partial charge in [-0.3, -0.25) is 9.79 Å². The molecule has 2 heterocycles. The maximum atomic E-state index is 12.0. The monoisotopic (exact) mass is 381 g/mol. The first kappa shape index (κ1) is 18.3. The number of nitrogens with zero attached hydrogens (tertiary/aromatic N) is 3. The summed E-state index contributed by atoms with van der Waals surface area (Å²) >= 11 is 1.38. The molecule has 0 aliphatic carbocycles. The number of anilines is 1. The van der Waals surface area contributed by atoms with Crippen molar-refractivity contribution >= 4 is 38.4 Å². The summed E-state index contributed by atoms with van der Waals surface area (Å²) in [5.74, 6) is 0.501. The summed E-state index contributed by atoms with van der Waals surface area (Å²) < 4.78 is 24.1. The van der Waals surface area contributed by atoms with Gasteiger partial charge in [0.1, 0.15) is 0 Å². The van der Waals surface area contributed by atoms with Crippen molar-refractivity contribution in [3.05, 3.63) is 29.3 Å². The first-order valence-electron chi connectivity index (χ1n) is 8.15. The zero-order valence-electron chi connectivity index (χ0n) is 14.9. The van der Waals surface area contributed by atoms with E-state index in [1.165, 1.54) is 17.3 Å². The average Bonchev–Trinajstić information content (AvgIpc) is 2.98. The number of amides is 1. The number of benzene rings is 1. The van der Waals surface area contributed by atoms with Crippen molar-refractivity contribution in [3.8, 4) is 0 Å². The number of fused-ring (bicyclic) bond motifs is 1. The van der Waals surface area contributed by atoms with Crippen LogP contribution in [0, 0.1) is 13.8 Å². The molecule has 1 aromatic carbocycles. The molecule has 8 heteroatoms. The number of hydrogen-bond acceptors (Lipinski definition) is 6. The van der Waals surface area contributed by atoms with E-state index in [1.807, 2.05) is 30.9 Å². The molecule has 1 saturated heterocycles. The predicted octanol–water partition coefficient (Wildman–Crippen LogP) is 1.47. The Kier molecular flexibility index (Phi) is 4.85. The summed E-state index contributed by atoms with van der Waals surface area (Å²) in [5.41, 5.74) is 3.28. The molecule has 136 valence electrons. The highest BCUT2D eigenvalue weighted by atomic mass is 32.2. The number of thioether (sulfide) groups is 1. The van der Waals surface area contributed by atoms with Gasteiger partial charge in [-0.05, 0) is 37.1 Å². The van der Waals surface area contributed by atoms with Gasteiger partial charge in [-0.2, -0.15) is 0 Å². The van der Waals surface area contributed by atoms with Crippen molar-refractivity contribution in [2.45, 2.75) is 25.9 Å². The van der Waals surface area contributed by atoms with Crippen LogP contribution in [0.5, 0.6) is 0 Å². The third-order valence-corrected chi connectivity index (χ3v) is 7.35. The standard InChI is InChI=1S/C17H23N3O3S2/c1-11-5-6-13(7-12(11)2)20-15-10-25(22,23)9-14(15)18-17(20)24-8-16(21)19(3)4/h5-7,14-15H,8-10H2,1-4H3/t14-,15+/m0/s1. The maximum Gasteiger partial charge on any atom is 0.232 e. The van der Waals surface area contributed by atoms with Crippen LogP contribution in [-0.2, 0) is 14.6 Å².